The first-order valence-corrected chi connectivity index (χ1v) is 4.49. The predicted octanol–water partition coefficient (Wildman–Crippen LogP) is 1.68. The van der Waals surface area contributed by atoms with Crippen LogP contribution in [0.25, 0.3) is 0 Å². The van der Waals surface area contributed by atoms with Gasteiger partial charge >= 0.3 is 0 Å². The molecule has 1 aromatic carbocycles. The van der Waals surface area contributed by atoms with Gasteiger partial charge in [0, 0.05) is 16.0 Å². The van der Waals surface area contributed by atoms with Gasteiger partial charge in [0.1, 0.15) is 0 Å². The minimum Gasteiger partial charge on any atom is -0.550 e. The van der Waals surface area contributed by atoms with Crippen LogP contribution in [0.4, 0.5) is 0 Å². The predicted molar refractivity (Wildman–Crippen MR) is 49.8 cm³/mol. The highest BCUT2D eigenvalue weighted by atomic mass is 35.5. The van der Waals surface area contributed by atoms with Gasteiger partial charge in [0.2, 0.25) is 0 Å². The maximum atomic E-state index is 10.2. The second-order valence-electron chi connectivity index (χ2n) is 2.57. The van der Waals surface area contributed by atoms with Crippen LogP contribution in [0.15, 0.2) is 18.2 Å². The van der Waals surface area contributed by atoms with Gasteiger partial charge in [0.15, 0.2) is 0 Å². The lowest BCUT2D eigenvalue weighted by atomic mass is 10.1. The Labute approximate surface area is 86.1 Å². The van der Waals surface area contributed by atoms with Gasteiger partial charge in [0.05, 0.1) is 0 Å². The molecule has 70 valence electrons. The summed E-state index contributed by atoms with van der Waals surface area (Å²) >= 11 is 11.6. The van der Waals surface area contributed by atoms with Crippen LogP contribution in [0.2, 0.25) is 10.0 Å². The average molecular weight is 218 g/mol. The first kappa shape index (κ1) is 10.4. The molecule has 0 bridgehead atoms. The van der Waals surface area contributed by atoms with Gasteiger partial charge in [-0.05, 0) is 30.5 Å². The van der Waals surface area contributed by atoms with Crippen molar-refractivity contribution in [2.24, 2.45) is 0 Å². The number of halogens is 2. The summed E-state index contributed by atoms with van der Waals surface area (Å²) in [4.78, 5) is 10.2. The molecule has 0 radical (unpaired) electrons. The largest absolute Gasteiger partial charge is 0.550 e. The summed E-state index contributed by atoms with van der Waals surface area (Å²) < 4.78 is 0. The standard InChI is InChI=1S/C9H8Cl2O2/c10-7-2-1-3-8(11)6(7)4-5-9(12)13/h1-3H,4-5H2,(H,12,13)/p-1. The summed E-state index contributed by atoms with van der Waals surface area (Å²) in [5, 5.41) is 11.2. The zero-order valence-corrected chi connectivity index (χ0v) is 8.23. The normalized spacial score (nSPS) is 10.0. The highest BCUT2D eigenvalue weighted by molar-refractivity contribution is 6.36. The number of rotatable bonds is 3. The zero-order chi connectivity index (χ0) is 9.84. The van der Waals surface area contributed by atoms with Crippen molar-refractivity contribution in [1.82, 2.24) is 0 Å². The first-order chi connectivity index (χ1) is 6.11. The second kappa shape index (κ2) is 4.49. The topological polar surface area (TPSA) is 40.1 Å². The molecule has 0 N–H and O–H groups in total. The molecule has 0 amide bonds. The number of carboxylic acids is 1. The molecule has 0 heterocycles. The molecule has 4 heteroatoms. The van der Waals surface area contributed by atoms with E-state index in [1.807, 2.05) is 0 Å². The number of hydrogen-bond donors (Lipinski definition) is 0. The van der Waals surface area contributed by atoms with Crippen LogP contribution < -0.4 is 5.11 Å². The molecule has 0 aromatic heterocycles. The molecule has 0 aliphatic heterocycles. The average Bonchev–Trinajstić information content (AvgIpc) is 2.03. The Hall–Kier alpha value is -0.730. The number of carbonyl (C=O) groups is 1. The lowest BCUT2D eigenvalue weighted by molar-refractivity contribution is -0.305. The van der Waals surface area contributed by atoms with E-state index in [0.717, 1.165) is 0 Å². The van der Waals surface area contributed by atoms with Gasteiger partial charge in [-0.15, -0.1) is 0 Å². The van der Waals surface area contributed by atoms with Crippen LogP contribution in [0.3, 0.4) is 0 Å². The maximum Gasteiger partial charge on any atom is 0.0452 e. The van der Waals surface area contributed by atoms with Crippen molar-refractivity contribution in [2.75, 3.05) is 0 Å². The van der Waals surface area contributed by atoms with E-state index in [0.29, 0.717) is 22.0 Å². The van der Waals surface area contributed by atoms with Crippen LogP contribution in [-0.4, -0.2) is 5.97 Å². The van der Waals surface area contributed by atoms with Crippen molar-refractivity contribution < 1.29 is 9.90 Å². The van der Waals surface area contributed by atoms with Crippen molar-refractivity contribution in [3.05, 3.63) is 33.8 Å². The lowest BCUT2D eigenvalue weighted by Crippen LogP contribution is -2.22. The van der Waals surface area contributed by atoms with Crippen LogP contribution >= 0.6 is 23.2 Å². The third-order valence-corrected chi connectivity index (χ3v) is 2.35. The second-order valence-corrected chi connectivity index (χ2v) is 3.39. The van der Waals surface area contributed by atoms with Gasteiger partial charge in [-0.2, -0.15) is 0 Å². The third-order valence-electron chi connectivity index (χ3n) is 1.64. The maximum absolute atomic E-state index is 10.2. The SMILES string of the molecule is O=C([O-])CCc1c(Cl)cccc1Cl. The van der Waals surface area contributed by atoms with Crippen LogP contribution in [0, 0.1) is 0 Å². The van der Waals surface area contributed by atoms with Gasteiger partial charge in [0.25, 0.3) is 0 Å². The van der Waals surface area contributed by atoms with E-state index in [9.17, 15) is 9.90 Å². The first-order valence-electron chi connectivity index (χ1n) is 3.74. The Morgan fingerprint density at radius 3 is 2.31 bits per heavy atom. The van der Waals surface area contributed by atoms with Gasteiger partial charge in [-0.3, -0.25) is 0 Å². The van der Waals surface area contributed by atoms with E-state index in [-0.39, 0.29) is 6.42 Å². The molecule has 0 saturated heterocycles. The molecule has 13 heavy (non-hydrogen) atoms. The monoisotopic (exact) mass is 217 g/mol. The third kappa shape index (κ3) is 2.90. The summed E-state index contributed by atoms with van der Waals surface area (Å²) in [6.45, 7) is 0. The summed E-state index contributed by atoms with van der Waals surface area (Å²) in [6, 6.07) is 5.07. The van der Waals surface area contributed by atoms with Crippen molar-refractivity contribution in [3.8, 4) is 0 Å². The fourth-order valence-corrected chi connectivity index (χ4v) is 1.58. The molecule has 0 aliphatic carbocycles. The van der Waals surface area contributed by atoms with Crippen LogP contribution in [-0.2, 0) is 11.2 Å². The summed E-state index contributed by atoms with van der Waals surface area (Å²) in [5.74, 6) is -1.10. The fraction of sp³-hybridized carbons (Fsp3) is 0.222. The zero-order valence-electron chi connectivity index (χ0n) is 6.72. The van der Waals surface area contributed by atoms with Gasteiger partial charge in [-0.25, -0.2) is 0 Å². The number of hydrogen-bond acceptors (Lipinski definition) is 2. The Morgan fingerprint density at radius 1 is 1.31 bits per heavy atom. The molecule has 2 nitrogen and oxygen atoms in total. The molecule has 0 fully saturated rings. The fourth-order valence-electron chi connectivity index (χ4n) is 0.998. The molecule has 0 spiro atoms. The van der Waals surface area contributed by atoms with Gasteiger partial charge < -0.3 is 9.90 Å². The molecule has 0 aliphatic rings. The van der Waals surface area contributed by atoms with E-state index >= 15 is 0 Å². The van der Waals surface area contributed by atoms with Crippen molar-refractivity contribution in [1.29, 1.82) is 0 Å². The lowest BCUT2D eigenvalue weighted by Gasteiger charge is -2.06. The minimum absolute atomic E-state index is 0.0660. The molecular formula is C9H7Cl2O2-. The van der Waals surface area contributed by atoms with E-state index in [4.69, 9.17) is 23.2 Å². The Morgan fingerprint density at radius 2 is 1.85 bits per heavy atom. The summed E-state index contributed by atoms with van der Waals surface area (Å²) in [7, 11) is 0. The Balaban J connectivity index is 2.81. The molecular weight excluding hydrogens is 211 g/mol. The molecule has 0 atom stereocenters. The van der Waals surface area contributed by atoms with Crippen molar-refractivity contribution in [3.63, 3.8) is 0 Å². The molecule has 1 aromatic rings. The summed E-state index contributed by atoms with van der Waals surface area (Å²) in [5.41, 5.74) is 0.662. The van der Waals surface area contributed by atoms with E-state index in [1.165, 1.54) is 0 Å². The van der Waals surface area contributed by atoms with Crippen LogP contribution in [0.1, 0.15) is 12.0 Å². The smallest absolute Gasteiger partial charge is 0.0452 e. The summed E-state index contributed by atoms with van der Waals surface area (Å²) in [6.07, 6.45) is 0.240. The van der Waals surface area contributed by atoms with E-state index in [2.05, 4.69) is 0 Å². The minimum atomic E-state index is -1.10. The van der Waals surface area contributed by atoms with Gasteiger partial charge in [-0.1, -0.05) is 29.3 Å². The molecule has 0 saturated carbocycles. The van der Waals surface area contributed by atoms with Crippen molar-refractivity contribution >= 4 is 29.2 Å². The highest BCUT2D eigenvalue weighted by Crippen LogP contribution is 2.25. The van der Waals surface area contributed by atoms with E-state index < -0.39 is 5.97 Å². The van der Waals surface area contributed by atoms with Crippen molar-refractivity contribution in [2.45, 2.75) is 12.8 Å². The van der Waals surface area contributed by atoms with Crippen LogP contribution in [0.5, 0.6) is 0 Å². The molecule has 1 rings (SSSR count). The number of carbonyl (C=O) groups excluding carboxylic acids is 1. The van der Waals surface area contributed by atoms with E-state index in [1.54, 1.807) is 18.2 Å². The molecule has 0 unspecified atom stereocenters. The number of aliphatic carboxylic acids is 1. The quantitative estimate of drug-likeness (QED) is 0.774. The number of carboxylic acid groups (broad SMARTS) is 1. The Kier molecular flexibility index (Phi) is 3.58. The Bertz CT molecular complexity index is 303. The highest BCUT2D eigenvalue weighted by Gasteiger charge is 2.04. The number of benzene rings is 1.